The van der Waals surface area contributed by atoms with Crippen molar-refractivity contribution in [3.05, 3.63) is 0 Å². The first-order valence-corrected chi connectivity index (χ1v) is 4.17. The molecule has 0 aliphatic heterocycles. The van der Waals surface area contributed by atoms with Gasteiger partial charge in [0.05, 0.1) is 0 Å². The molecule has 0 bridgehead atoms. The Labute approximate surface area is 107 Å². The van der Waals surface area contributed by atoms with Crippen LogP contribution in [0.2, 0.25) is 0 Å². The standard InChI is InChI=1S/K.H2O8S2/c;1-7-10(5,6)8-9(2,3)4/h;1H,(H,2,3,4)/q+1;/p-1. The van der Waals surface area contributed by atoms with E-state index in [1.54, 1.807) is 0 Å². The van der Waals surface area contributed by atoms with Crippen LogP contribution in [0.25, 0.3) is 0 Å². The summed E-state index contributed by atoms with van der Waals surface area (Å²) in [5, 5.41) is 9.01. The van der Waals surface area contributed by atoms with Gasteiger partial charge in [-0.15, -0.1) is 3.63 Å². The molecule has 0 unspecified atom stereocenters. The first-order chi connectivity index (χ1) is 4.27. The van der Waals surface area contributed by atoms with Gasteiger partial charge in [-0.1, -0.05) is 0 Å². The molecule has 0 aliphatic rings. The van der Waals surface area contributed by atoms with Crippen LogP contribution < -0.4 is 56.6 Å². The molecular formula is HKO8S2. The Hall–Kier alpha value is 1.38. The molecule has 8 nitrogen and oxygen atoms in total. The quantitative estimate of drug-likeness (QED) is 0.154. The van der Waals surface area contributed by atoms with Gasteiger partial charge < -0.3 is 14.1 Å². The maximum absolute atomic E-state index is 9.68. The molecule has 0 saturated carbocycles. The van der Waals surface area contributed by atoms with Crippen molar-refractivity contribution >= 4 is 20.8 Å². The molecule has 0 spiro atoms. The number of rotatable bonds is 3. The Morgan fingerprint density at radius 1 is 1.18 bits per heavy atom. The monoisotopic (exact) mass is 232 g/mol. The summed E-state index contributed by atoms with van der Waals surface area (Å²) in [6, 6.07) is 0. The normalized spacial score (nSPS) is 12.2. The molecular weight excluding hydrogens is 231 g/mol. The van der Waals surface area contributed by atoms with E-state index in [-0.39, 0.29) is 52.8 Å². The topological polar surface area (TPSA) is 133 Å². The molecule has 0 rings (SSSR count). The largest absolute Gasteiger partial charge is 1.00 e. The fraction of sp³-hybridized carbons (Fsp3) is 0. The van der Waals surface area contributed by atoms with E-state index in [1.807, 2.05) is 0 Å². The van der Waals surface area contributed by atoms with Gasteiger partial charge in [0.2, 0.25) is 10.4 Å². The van der Waals surface area contributed by atoms with Crippen molar-refractivity contribution in [2.75, 3.05) is 0 Å². The van der Waals surface area contributed by atoms with E-state index in [0.717, 1.165) is 0 Å². The van der Waals surface area contributed by atoms with E-state index in [0.29, 0.717) is 0 Å². The molecule has 0 atom stereocenters. The summed E-state index contributed by atoms with van der Waals surface area (Å²) in [5.41, 5.74) is 0. The van der Waals surface area contributed by atoms with Gasteiger partial charge in [-0.3, -0.25) is 0 Å². The molecule has 0 aromatic carbocycles. The molecule has 62 valence electrons. The smallest absolute Gasteiger partial charge is 0.725 e. The molecule has 0 aromatic rings. The third-order valence-corrected chi connectivity index (χ3v) is 1.75. The van der Waals surface area contributed by atoms with Crippen molar-refractivity contribution in [3.8, 4) is 0 Å². The third kappa shape index (κ3) is 9.29. The van der Waals surface area contributed by atoms with Crippen molar-refractivity contribution in [1.82, 2.24) is 0 Å². The molecule has 0 heterocycles. The van der Waals surface area contributed by atoms with E-state index in [4.69, 9.17) is 5.26 Å². The second kappa shape index (κ2) is 5.18. The molecule has 0 radical (unpaired) electrons. The number of hydrogen-bond acceptors (Lipinski definition) is 8. The predicted octanol–water partition coefficient (Wildman–Crippen LogP) is -5.88. The number of hydrogen-bond donors (Lipinski definition) is 0. The first-order valence-electron chi connectivity index (χ1n) is 1.50. The third-order valence-electron chi connectivity index (χ3n) is 0.250. The van der Waals surface area contributed by atoms with Gasteiger partial charge in [-0.25, -0.2) is 8.42 Å². The summed E-state index contributed by atoms with van der Waals surface area (Å²) < 4.78 is 52.5. The van der Waals surface area contributed by atoms with Crippen LogP contribution in [0.15, 0.2) is 0 Å². The Kier molecular flexibility index (Phi) is 7.01. The zero-order chi connectivity index (χ0) is 8.41. The van der Waals surface area contributed by atoms with Crippen molar-refractivity contribution in [3.63, 3.8) is 0 Å². The van der Waals surface area contributed by atoms with Crippen molar-refractivity contribution in [2.24, 2.45) is 0 Å². The Morgan fingerprint density at radius 2 is 1.55 bits per heavy atom. The van der Waals surface area contributed by atoms with Gasteiger partial charge in [0.15, 0.2) is 0 Å². The molecule has 0 amide bonds. The molecule has 11 heteroatoms. The van der Waals surface area contributed by atoms with Crippen molar-refractivity contribution < 1.29 is 87.4 Å². The van der Waals surface area contributed by atoms with Crippen LogP contribution in [0, 0.1) is 0 Å². The van der Waals surface area contributed by atoms with Crippen LogP contribution in [-0.2, 0) is 28.8 Å². The molecule has 0 aliphatic carbocycles. The second-order valence-corrected chi connectivity index (χ2v) is 3.27. The summed E-state index contributed by atoms with van der Waals surface area (Å²) in [5.74, 6) is 0. The van der Waals surface area contributed by atoms with Gasteiger partial charge in [0, 0.05) is 0 Å². The molecule has 11 heavy (non-hydrogen) atoms. The van der Waals surface area contributed by atoms with Gasteiger partial charge in [-0.05, 0) is 0 Å². The zero-order valence-corrected chi connectivity index (χ0v) is 9.84. The Balaban J connectivity index is -0.000000405. The maximum Gasteiger partial charge on any atom is 1.00 e. The maximum atomic E-state index is 9.68. The van der Waals surface area contributed by atoms with Crippen LogP contribution in [0.5, 0.6) is 0 Å². The Morgan fingerprint density at radius 3 is 1.64 bits per heavy atom. The van der Waals surface area contributed by atoms with Crippen LogP contribution in [0.4, 0.5) is 0 Å². The van der Waals surface area contributed by atoms with Crippen LogP contribution in [0.1, 0.15) is 1.43 Å². The minimum atomic E-state index is -5.46. The fourth-order valence-corrected chi connectivity index (χ4v) is 1.02. The van der Waals surface area contributed by atoms with Crippen LogP contribution in [-0.4, -0.2) is 21.4 Å². The molecule has 0 saturated heterocycles. The van der Waals surface area contributed by atoms with E-state index in [2.05, 4.69) is 7.96 Å². The average Bonchev–Trinajstić information content (AvgIpc) is 1.60. The van der Waals surface area contributed by atoms with E-state index < -0.39 is 20.8 Å². The minimum Gasteiger partial charge on any atom is -0.725 e. The fourth-order valence-electron chi connectivity index (χ4n) is 0.113. The van der Waals surface area contributed by atoms with Gasteiger partial charge >= 0.3 is 63.2 Å². The van der Waals surface area contributed by atoms with Crippen molar-refractivity contribution in [2.45, 2.75) is 0 Å². The summed E-state index contributed by atoms with van der Waals surface area (Å²) in [4.78, 5) is 0. The molecule has 0 N–H and O–H groups in total. The molecule has 0 fully saturated rings. The minimum absolute atomic E-state index is 0. The summed E-state index contributed by atoms with van der Waals surface area (Å²) >= 11 is 0. The average molecular weight is 232 g/mol. The predicted molar refractivity (Wildman–Crippen MR) is 21.9 cm³/mol. The van der Waals surface area contributed by atoms with Crippen LogP contribution >= 0.6 is 0 Å². The van der Waals surface area contributed by atoms with Crippen LogP contribution in [0.3, 0.4) is 0 Å². The van der Waals surface area contributed by atoms with Gasteiger partial charge in [0.1, 0.15) is 0 Å². The first kappa shape index (κ1) is 14.9. The molecule has 0 aromatic heterocycles. The SMILES string of the molecule is O=S(=O)([O-])OS(=O)(=O)O[O-].[H+].[K+]. The van der Waals surface area contributed by atoms with Gasteiger partial charge in [0.25, 0.3) is 0 Å². The van der Waals surface area contributed by atoms with Crippen molar-refractivity contribution in [1.29, 1.82) is 0 Å². The van der Waals surface area contributed by atoms with E-state index in [9.17, 15) is 21.4 Å². The summed E-state index contributed by atoms with van der Waals surface area (Å²) in [6.07, 6.45) is 0. The summed E-state index contributed by atoms with van der Waals surface area (Å²) in [7, 11) is -10.7. The second-order valence-electron chi connectivity index (χ2n) is 0.953. The summed E-state index contributed by atoms with van der Waals surface area (Å²) in [6.45, 7) is 0. The van der Waals surface area contributed by atoms with Gasteiger partial charge in [-0.2, -0.15) is 8.42 Å². The Bertz CT molecular complexity index is 285. The zero-order valence-electron chi connectivity index (χ0n) is 6.08. The van der Waals surface area contributed by atoms with E-state index in [1.165, 1.54) is 0 Å². The van der Waals surface area contributed by atoms with E-state index >= 15 is 0 Å².